The average Bonchev–Trinajstić information content (AvgIpc) is 2.19. The zero-order valence-corrected chi connectivity index (χ0v) is 7.00. The Bertz CT molecular complexity index is 391. The average molecular weight is 207 g/mol. The van der Waals surface area contributed by atoms with Crippen molar-refractivity contribution < 1.29 is 22.4 Å². The SMILES string of the molecule is CNC(=O)c1cc(F)c(F)c(F)c1F. The van der Waals surface area contributed by atoms with E-state index >= 15 is 0 Å². The van der Waals surface area contributed by atoms with Gasteiger partial charge < -0.3 is 5.32 Å². The molecule has 0 atom stereocenters. The van der Waals surface area contributed by atoms with Gasteiger partial charge in [0, 0.05) is 7.05 Å². The summed E-state index contributed by atoms with van der Waals surface area (Å²) in [5.41, 5.74) is -0.871. The van der Waals surface area contributed by atoms with E-state index in [-0.39, 0.29) is 0 Å². The molecule has 1 N–H and O–H groups in total. The van der Waals surface area contributed by atoms with E-state index in [2.05, 4.69) is 0 Å². The highest BCUT2D eigenvalue weighted by molar-refractivity contribution is 5.94. The number of hydrogen-bond acceptors (Lipinski definition) is 1. The maximum absolute atomic E-state index is 12.8. The highest BCUT2D eigenvalue weighted by Gasteiger charge is 2.21. The molecule has 2 nitrogen and oxygen atoms in total. The van der Waals surface area contributed by atoms with Gasteiger partial charge in [-0.15, -0.1) is 0 Å². The van der Waals surface area contributed by atoms with Crippen LogP contribution in [0.1, 0.15) is 10.4 Å². The predicted molar refractivity (Wildman–Crippen MR) is 39.7 cm³/mol. The maximum Gasteiger partial charge on any atom is 0.254 e. The Balaban J connectivity index is 3.40. The van der Waals surface area contributed by atoms with Gasteiger partial charge in [0.1, 0.15) is 0 Å². The highest BCUT2D eigenvalue weighted by atomic mass is 19.2. The van der Waals surface area contributed by atoms with Gasteiger partial charge in [-0.1, -0.05) is 0 Å². The molecule has 0 aliphatic rings. The van der Waals surface area contributed by atoms with E-state index in [0.29, 0.717) is 6.07 Å². The van der Waals surface area contributed by atoms with E-state index < -0.39 is 34.7 Å². The second-order valence-electron chi connectivity index (χ2n) is 2.43. The van der Waals surface area contributed by atoms with E-state index in [1.807, 2.05) is 5.32 Å². The monoisotopic (exact) mass is 207 g/mol. The second-order valence-corrected chi connectivity index (χ2v) is 2.43. The smallest absolute Gasteiger partial charge is 0.254 e. The van der Waals surface area contributed by atoms with Gasteiger partial charge in [-0.25, -0.2) is 17.6 Å². The zero-order valence-electron chi connectivity index (χ0n) is 7.00. The summed E-state index contributed by atoms with van der Waals surface area (Å²) in [5, 5.41) is 1.96. The lowest BCUT2D eigenvalue weighted by atomic mass is 10.2. The molecule has 1 aromatic carbocycles. The summed E-state index contributed by atoms with van der Waals surface area (Å²) in [6, 6.07) is 0.298. The lowest BCUT2D eigenvalue weighted by Gasteiger charge is -2.03. The molecule has 6 heteroatoms. The zero-order chi connectivity index (χ0) is 10.9. The fourth-order valence-electron chi connectivity index (χ4n) is 0.873. The van der Waals surface area contributed by atoms with Crippen LogP contribution in [0.2, 0.25) is 0 Å². The van der Waals surface area contributed by atoms with Crippen LogP contribution in [-0.2, 0) is 0 Å². The molecule has 0 unspecified atom stereocenters. The molecule has 0 spiro atoms. The fourth-order valence-corrected chi connectivity index (χ4v) is 0.873. The molecule has 76 valence electrons. The summed E-state index contributed by atoms with van der Waals surface area (Å²) >= 11 is 0. The highest BCUT2D eigenvalue weighted by Crippen LogP contribution is 2.18. The Kier molecular flexibility index (Phi) is 2.73. The van der Waals surface area contributed by atoms with E-state index in [4.69, 9.17) is 0 Å². The van der Waals surface area contributed by atoms with Crippen LogP contribution in [0.5, 0.6) is 0 Å². The summed E-state index contributed by atoms with van der Waals surface area (Å²) in [5.74, 6) is -8.27. The first-order chi connectivity index (χ1) is 6.49. The van der Waals surface area contributed by atoms with Crippen molar-refractivity contribution >= 4 is 5.91 Å². The summed E-state index contributed by atoms with van der Waals surface area (Å²) in [4.78, 5) is 10.8. The van der Waals surface area contributed by atoms with Crippen molar-refractivity contribution in [1.29, 1.82) is 0 Å². The Morgan fingerprint density at radius 1 is 1.14 bits per heavy atom. The van der Waals surface area contributed by atoms with Crippen LogP contribution in [0.25, 0.3) is 0 Å². The first kappa shape index (κ1) is 10.5. The van der Waals surface area contributed by atoms with E-state index in [1.165, 1.54) is 0 Å². The van der Waals surface area contributed by atoms with Crippen LogP contribution >= 0.6 is 0 Å². The van der Waals surface area contributed by atoms with E-state index in [0.717, 1.165) is 7.05 Å². The topological polar surface area (TPSA) is 29.1 Å². The maximum atomic E-state index is 12.8. The number of benzene rings is 1. The molecule has 14 heavy (non-hydrogen) atoms. The molecular weight excluding hydrogens is 202 g/mol. The molecule has 0 bridgehead atoms. The van der Waals surface area contributed by atoms with Crippen molar-refractivity contribution in [3.05, 3.63) is 34.9 Å². The number of carbonyl (C=O) groups excluding carboxylic acids is 1. The molecule has 1 rings (SSSR count). The number of carbonyl (C=O) groups is 1. The normalized spacial score (nSPS) is 10.1. The molecule has 0 saturated carbocycles. The largest absolute Gasteiger partial charge is 0.355 e. The third-order valence-electron chi connectivity index (χ3n) is 1.57. The minimum atomic E-state index is -2.00. The minimum absolute atomic E-state index is 0.298. The van der Waals surface area contributed by atoms with Crippen LogP contribution < -0.4 is 5.32 Å². The summed E-state index contributed by atoms with van der Waals surface area (Å²) in [7, 11) is 1.15. The quantitative estimate of drug-likeness (QED) is 0.423. The van der Waals surface area contributed by atoms with Gasteiger partial charge in [-0.2, -0.15) is 0 Å². The first-order valence-corrected chi connectivity index (χ1v) is 3.54. The van der Waals surface area contributed by atoms with Gasteiger partial charge in [0.2, 0.25) is 0 Å². The van der Waals surface area contributed by atoms with Crippen LogP contribution in [0, 0.1) is 23.3 Å². The van der Waals surface area contributed by atoms with Crippen molar-refractivity contribution in [1.82, 2.24) is 5.32 Å². The van der Waals surface area contributed by atoms with Gasteiger partial charge in [0.15, 0.2) is 23.3 Å². The lowest BCUT2D eigenvalue weighted by molar-refractivity contribution is 0.0957. The molecule has 0 saturated heterocycles. The van der Waals surface area contributed by atoms with Gasteiger partial charge in [0.05, 0.1) is 5.56 Å². The van der Waals surface area contributed by atoms with E-state index in [1.54, 1.807) is 0 Å². The van der Waals surface area contributed by atoms with Gasteiger partial charge in [0.25, 0.3) is 5.91 Å². The van der Waals surface area contributed by atoms with Crippen molar-refractivity contribution in [2.75, 3.05) is 7.05 Å². The molecule has 0 aromatic heterocycles. The number of rotatable bonds is 1. The minimum Gasteiger partial charge on any atom is -0.355 e. The number of halogens is 4. The van der Waals surface area contributed by atoms with Crippen molar-refractivity contribution in [2.45, 2.75) is 0 Å². The Morgan fingerprint density at radius 3 is 2.21 bits per heavy atom. The van der Waals surface area contributed by atoms with Crippen LogP contribution in [0.15, 0.2) is 6.07 Å². The molecule has 1 amide bonds. The van der Waals surface area contributed by atoms with E-state index in [9.17, 15) is 22.4 Å². The number of nitrogens with one attached hydrogen (secondary N) is 1. The molecule has 0 radical (unpaired) electrons. The molecular formula is C8H5F4NO. The second kappa shape index (κ2) is 3.65. The molecule has 0 fully saturated rings. The molecule has 0 aliphatic carbocycles. The molecule has 1 aromatic rings. The van der Waals surface area contributed by atoms with Crippen LogP contribution in [-0.4, -0.2) is 13.0 Å². The Hall–Kier alpha value is -1.59. The third kappa shape index (κ3) is 1.55. The van der Waals surface area contributed by atoms with Crippen LogP contribution in [0.3, 0.4) is 0 Å². The predicted octanol–water partition coefficient (Wildman–Crippen LogP) is 1.60. The first-order valence-electron chi connectivity index (χ1n) is 3.54. The Labute approximate surface area is 76.5 Å². The number of amides is 1. The van der Waals surface area contributed by atoms with Gasteiger partial charge in [-0.3, -0.25) is 4.79 Å². The number of hydrogen-bond donors (Lipinski definition) is 1. The summed E-state index contributed by atoms with van der Waals surface area (Å²) in [6.07, 6.45) is 0. The van der Waals surface area contributed by atoms with Crippen molar-refractivity contribution in [2.24, 2.45) is 0 Å². The van der Waals surface area contributed by atoms with Gasteiger partial charge in [-0.05, 0) is 6.07 Å². The lowest BCUT2D eigenvalue weighted by Crippen LogP contribution is -2.20. The Morgan fingerprint density at radius 2 is 1.71 bits per heavy atom. The van der Waals surface area contributed by atoms with Gasteiger partial charge >= 0.3 is 0 Å². The fraction of sp³-hybridized carbons (Fsp3) is 0.125. The molecule has 0 heterocycles. The third-order valence-corrected chi connectivity index (χ3v) is 1.57. The van der Waals surface area contributed by atoms with Crippen molar-refractivity contribution in [3.63, 3.8) is 0 Å². The van der Waals surface area contributed by atoms with Crippen LogP contribution in [0.4, 0.5) is 17.6 Å². The van der Waals surface area contributed by atoms with Crippen molar-refractivity contribution in [3.8, 4) is 0 Å². The molecule has 0 aliphatic heterocycles. The summed E-state index contributed by atoms with van der Waals surface area (Å²) < 4.78 is 50.4. The summed E-state index contributed by atoms with van der Waals surface area (Å²) in [6.45, 7) is 0. The standard InChI is InChI=1S/C8H5F4NO/c1-13-8(14)3-2-4(9)6(11)7(12)5(3)10/h2H,1H3,(H,13,14).